The number of aromatic nitrogens is 2. The lowest BCUT2D eigenvalue weighted by Crippen LogP contribution is -2.19. The molecular formula is C26H23BrN4O2. The summed E-state index contributed by atoms with van der Waals surface area (Å²) in [5.74, 6) is 0.411. The molecule has 2 N–H and O–H groups in total. The first-order valence-corrected chi connectivity index (χ1v) is 11.2. The number of hydrazone groups is 1. The zero-order valence-corrected chi connectivity index (χ0v) is 19.9. The van der Waals surface area contributed by atoms with Crippen LogP contribution in [-0.2, 0) is 6.61 Å². The number of aryl methyl sites for hydroxylation is 1. The van der Waals surface area contributed by atoms with Gasteiger partial charge in [-0.15, -0.1) is 0 Å². The van der Waals surface area contributed by atoms with Crippen LogP contribution in [0.5, 0.6) is 5.75 Å². The Hall–Kier alpha value is -3.71. The number of nitrogens with zero attached hydrogens (tertiary/aromatic N) is 2. The topological polar surface area (TPSA) is 79.4 Å². The normalized spacial score (nSPS) is 11.3. The monoisotopic (exact) mass is 502 g/mol. The Kier molecular flexibility index (Phi) is 7.00. The first kappa shape index (κ1) is 22.5. The second-order valence-electron chi connectivity index (χ2n) is 7.61. The van der Waals surface area contributed by atoms with Gasteiger partial charge in [0, 0.05) is 10.0 Å². The maximum atomic E-state index is 12.5. The molecule has 1 amide bonds. The minimum absolute atomic E-state index is 0.331. The highest BCUT2D eigenvalue weighted by Gasteiger charge is 2.11. The van der Waals surface area contributed by atoms with Gasteiger partial charge >= 0.3 is 0 Å². The Morgan fingerprint density at radius 1 is 1.03 bits per heavy atom. The zero-order chi connectivity index (χ0) is 23.2. The molecule has 0 unspecified atom stereocenters. The Bertz CT molecular complexity index is 1260. The number of amides is 1. The van der Waals surface area contributed by atoms with Crippen molar-refractivity contribution in [1.29, 1.82) is 0 Å². The number of benzene rings is 3. The highest BCUT2D eigenvalue weighted by atomic mass is 79.9. The number of hydrogen-bond acceptors (Lipinski definition) is 4. The van der Waals surface area contributed by atoms with E-state index in [1.807, 2.05) is 55.5 Å². The van der Waals surface area contributed by atoms with Gasteiger partial charge < -0.3 is 4.74 Å². The summed E-state index contributed by atoms with van der Waals surface area (Å²) in [6, 6.07) is 25.3. The molecule has 0 saturated heterocycles. The summed E-state index contributed by atoms with van der Waals surface area (Å²) in [5, 5.41) is 11.2. The van der Waals surface area contributed by atoms with Crippen LogP contribution < -0.4 is 10.2 Å². The van der Waals surface area contributed by atoms with Crippen LogP contribution >= 0.6 is 15.9 Å². The first-order chi connectivity index (χ1) is 16.0. The van der Waals surface area contributed by atoms with Gasteiger partial charge in [-0.1, -0.05) is 57.9 Å². The molecule has 0 fully saturated rings. The molecule has 6 nitrogen and oxygen atoms in total. The van der Waals surface area contributed by atoms with Crippen molar-refractivity contribution in [3.8, 4) is 17.0 Å². The predicted octanol–water partition coefficient (Wildman–Crippen LogP) is 5.88. The van der Waals surface area contributed by atoms with Crippen molar-refractivity contribution in [3.63, 3.8) is 0 Å². The summed E-state index contributed by atoms with van der Waals surface area (Å²) in [5.41, 5.74) is 8.41. The fraction of sp³-hybridized carbons (Fsp3) is 0.115. The molecule has 0 bridgehead atoms. The lowest BCUT2D eigenvalue weighted by Gasteiger charge is -2.07. The standard InChI is InChI=1S/C26H23BrN4O2/c1-17-3-5-19(6-4-17)16-33-23-13-9-21(10-14-23)24-15-25(30-29-24)26(32)31-28-18(2)20-7-11-22(27)12-8-20/h3-15H,16H2,1-2H3,(H,29,30)(H,31,32)/b28-18-. The highest BCUT2D eigenvalue weighted by Crippen LogP contribution is 2.22. The Morgan fingerprint density at radius 2 is 1.73 bits per heavy atom. The summed E-state index contributed by atoms with van der Waals surface area (Å²) >= 11 is 3.40. The van der Waals surface area contributed by atoms with E-state index in [0.29, 0.717) is 23.7 Å². The Labute approximate surface area is 200 Å². The largest absolute Gasteiger partial charge is 0.489 e. The molecule has 3 aromatic carbocycles. The van der Waals surface area contributed by atoms with Crippen LogP contribution in [0.4, 0.5) is 0 Å². The van der Waals surface area contributed by atoms with Crippen LogP contribution in [0.3, 0.4) is 0 Å². The number of H-pyrrole nitrogens is 1. The van der Waals surface area contributed by atoms with E-state index in [1.54, 1.807) is 6.07 Å². The third-order valence-corrected chi connectivity index (χ3v) is 5.61. The molecule has 0 aliphatic heterocycles. The van der Waals surface area contributed by atoms with Crippen molar-refractivity contribution in [2.24, 2.45) is 5.10 Å². The van der Waals surface area contributed by atoms with Crippen molar-refractivity contribution in [2.45, 2.75) is 20.5 Å². The fourth-order valence-electron chi connectivity index (χ4n) is 3.11. The van der Waals surface area contributed by atoms with Crippen molar-refractivity contribution in [1.82, 2.24) is 15.6 Å². The molecular weight excluding hydrogens is 480 g/mol. The number of nitrogens with one attached hydrogen (secondary N) is 2. The molecule has 1 aromatic heterocycles. The number of carbonyl (C=O) groups is 1. The maximum Gasteiger partial charge on any atom is 0.289 e. The van der Waals surface area contributed by atoms with Gasteiger partial charge in [0.25, 0.3) is 5.91 Å². The van der Waals surface area contributed by atoms with Gasteiger partial charge in [-0.05, 0) is 67.4 Å². The smallest absolute Gasteiger partial charge is 0.289 e. The molecule has 7 heteroatoms. The van der Waals surface area contributed by atoms with E-state index in [9.17, 15) is 4.79 Å². The number of ether oxygens (including phenoxy) is 1. The highest BCUT2D eigenvalue weighted by molar-refractivity contribution is 9.10. The van der Waals surface area contributed by atoms with E-state index >= 15 is 0 Å². The Balaban J connectivity index is 1.36. The molecule has 166 valence electrons. The quantitative estimate of drug-likeness (QED) is 0.244. The molecule has 1 heterocycles. The van der Waals surface area contributed by atoms with Gasteiger partial charge in [0.05, 0.1) is 11.4 Å². The number of carbonyl (C=O) groups excluding carboxylic acids is 1. The van der Waals surface area contributed by atoms with Crippen molar-refractivity contribution < 1.29 is 9.53 Å². The van der Waals surface area contributed by atoms with E-state index in [1.165, 1.54) is 5.56 Å². The molecule has 0 spiro atoms. The number of halogens is 1. The zero-order valence-electron chi connectivity index (χ0n) is 18.3. The number of rotatable bonds is 7. The number of aromatic amines is 1. The third kappa shape index (κ3) is 5.96. The van der Waals surface area contributed by atoms with Crippen molar-refractivity contribution in [3.05, 3.63) is 106 Å². The molecule has 0 atom stereocenters. The minimum Gasteiger partial charge on any atom is -0.489 e. The molecule has 4 rings (SSSR count). The van der Waals surface area contributed by atoms with Crippen LogP contribution in [0.2, 0.25) is 0 Å². The molecule has 33 heavy (non-hydrogen) atoms. The number of hydrogen-bond donors (Lipinski definition) is 2. The minimum atomic E-state index is -0.358. The predicted molar refractivity (Wildman–Crippen MR) is 133 cm³/mol. The fourth-order valence-corrected chi connectivity index (χ4v) is 3.37. The van der Waals surface area contributed by atoms with Crippen molar-refractivity contribution >= 4 is 27.5 Å². The van der Waals surface area contributed by atoms with Crippen molar-refractivity contribution in [2.75, 3.05) is 0 Å². The van der Waals surface area contributed by atoms with Gasteiger partial charge in [0.2, 0.25) is 0 Å². The van der Waals surface area contributed by atoms with E-state index in [0.717, 1.165) is 26.9 Å². The van der Waals surface area contributed by atoms with Gasteiger partial charge in [-0.2, -0.15) is 10.2 Å². The van der Waals surface area contributed by atoms with E-state index in [-0.39, 0.29) is 5.91 Å². The van der Waals surface area contributed by atoms with E-state index in [4.69, 9.17) is 4.74 Å². The lowest BCUT2D eigenvalue weighted by molar-refractivity contribution is 0.0950. The summed E-state index contributed by atoms with van der Waals surface area (Å²) in [7, 11) is 0. The summed E-state index contributed by atoms with van der Waals surface area (Å²) in [6.07, 6.45) is 0. The second kappa shape index (κ2) is 10.3. The van der Waals surface area contributed by atoms with Gasteiger partial charge in [0.15, 0.2) is 0 Å². The van der Waals surface area contributed by atoms with Gasteiger partial charge in [-0.25, -0.2) is 5.43 Å². The van der Waals surface area contributed by atoms with Crippen LogP contribution in [0.25, 0.3) is 11.3 Å². The SMILES string of the molecule is C/C(=N/NC(=O)c1cc(-c2ccc(OCc3ccc(C)cc3)cc2)n[nH]1)c1ccc(Br)cc1. The van der Waals surface area contributed by atoms with Crippen LogP contribution in [-0.4, -0.2) is 21.8 Å². The Morgan fingerprint density at radius 3 is 2.42 bits per heavy atom. The molecule has 0 aliphatic carbocycles. The first-order valence-electron chi connectivity index (χ1n) is 10.4. The third-order valence-electron chi connectivity index (χ3n) is 5.09. The molecule has 0 aliphatic rings. The summed E-state index contributed by atoms with van der Waals surface area (Å²) in [4.78, 5) is 12.5. The summed E-state index contributed by atoms with van der Waals surface area (Å²) in [6.45, 7) is 4.41. The average molecular weight is 503 g/mol. The van der Waals surface area contributed by atoms with Crippen LogP contribution in [0, 0.1) is 6.92 Å². The molecule has 4 aromatic rings. The second-order valence-corrected chi connectivity index (χ2v) is 8.53. The van der Waals surface area contributed by atoms with Crippen LogP contribution in [0.15, 0.2) is 88.4 Å². The molecule has 0 radical (unpaired) electrons. The lowest BCUT2D eigenvalue weighted by atomic mass is 10.1. The molecule has 0 saturated carbocycles. The van der Waals surface area contributed by atoms with Gasteiger partial charge in [0.1, 0.15) is 18.1 Å². The maximum absolute atomic E-state index is 12.5. The van der Waals surface area contributed by atoms with Gasteiger partial charge in [-0.3, -0.25) is 9.89 Å². The van der Waals surface area contributed by atoms with E-state index < -0.39 is 0 Å². The summed E-state index contributed by atoms with van der Waals surface area (Å²) < 4.78 is 6.84. The average Bonchev–Trinajstić information content (AvgIpc) is 3.33. The van der Waals surface area contributed by atoms with E-state index in [2.05, 4.69) is 67.8 Å². The van der Waals surface area contributed by atoms with Crippen LogP contribution in [0.1, 0.15) is 34.1 Å².